The van der Waals surface area contributed by atoms with E-state index in [1.807, 2.05) is 18.2 Å². The minimum atomic E-state index is -3.57. The Bertz CT molecular complexity index is 1030. The van der Waals surface area contributed by atoms with E-state index in [9.17, 15) is 13.2 Å². The van der Waals surface area contributed by atoms with Crippen molar-refractivity contribution in [3.05, 3.63) is 53.6 Å². The molecular weight excluding hydrogens is 416 g/mol. The molecular formula is C23H28N2O5S. The zero-order valence-electron chi connectivity index (χ0n) is 17.7. The van der Waals surface area contributed by atoms with Gasteiger partial charge in [-0.1, -0.05) is 25.3 Å². The molecule has 0 saturated heterocycles. The maximum atomic E-state index is 12.9. The first-order chi connectivity index (χ1) is 14.9. The van der Waals surface area contributed by atoms with Crippen molar-refractivity contribution in [2.24, 2.45) is 0 Å². The van der Waals surface area contributed by atoms with Gasteiger partial charge in [0.1, 0.15) is 13.2 Å². The molecule has 1 heterocycles. The number of fused-ring (bicyclic) bond motifs is 1. The van der Waals surface area contributed by atoms with Crippen molar-refractivity contribution >= 4 is 15.9 Å². The summed E-state index contributed by atoms with van der Waals surface area (Å²) < 4.78 is 38.4. The van der Waals surface area contributed by atoms with Gasteiger partial charge in [0.05, 0.1) is 4.90 Å². The molecule has 4 rings (SSSR count). The van der Waals surface area contributed by atoms with Crippen molar-refractivity contribution in [1.29, 1.82) is 0 Å². The number of nitrogens with one attached hydrogen (secondary N) is 1. The van der Waals surface area contributed by atoms with E-state index in [4.69, 9.17) is 9.47 Å². The van der Waals surface area contributed by atoms with Crippen LogP contribution in [-0.4, -0.2) is 44.9 Å². The van der Waals surface area contributed by atoms with Crippen LogP contribution < -0.4 is 14.8 Å². The molecule has 1 saturated carbocycles. The summed E-state index contributed by atoms with van der Waals surface area (Å²) in [5, 5.41) is 2.86. The maximum Gasteiger partial charge on any atom is 0.251 e. The lowest BCUT2D eigenvalue weighted by Gasteiger charge is -2.30. The molecule has 0 aromatic heterocycles. The van der Waals surface area contributed by atoms with Crippen molar-refractivity contribution in [2.45, 2.75) is 49.6 Å². The van der Waals surface area contributed by atoms with E-state index in [0.717, 1.165) is 31.2 Å². The van der Waals surface area contributed by atoms with E-state index in [-0.39, 0.29) is 16.8 Å². The third-order valence-electron chi connectivity index (χ3n) is 5.94. The molecule has 0 radical (unpaired) electrons. The van der Waals surface area contributed by atoms with Gasteiger partial charge in [0.25, 0.3) is 5.91 Å². The largest absolute Gasteiger partial charge is 0.486 e. The number of amides is 1. The monoisotopic (exact) mass is 444 g/mol. The van der Waals surface area contributed by atoms with Gasteiger partial charge < -0.3 is 14.8 Å². The second kappa shape index (κ2) is 9.28. The van der Waals surface area contributed by atoms with E-state index in [0.29, 0.717) is 36.8 Å². The van der Waals surface area contributed by atoms with Crippen molar-refractivity contribution in [3.63, 3.8) is 0 Å². The topological polar surface area (TPSA) is 84.9 Å². The Morgan fingerprint density at radius 1 is 1.00 bits per heavy atom. The van der Waals surface area contributed by atoms with Crippen molar-refractivity contribution in [1.82, 2.24) is 9.62 Å². The molecule has 1 amide bonds. The summed E-state index contributed by atoms with van der Waals surface area (Å²) in [6.07, 6.45) is 5.09. The van der Waals surface area contributed by atoms with Crippen LogP contribution in [0.1, 0.15) is 48.0 Å². The summed E-state index contributed by atoms with van der Waals surface area (Å²) in [6, 6.07) is 11.7. The van der Waals surface area contributed by atoms with Crippen LogP contribution in [0.25, 0.3) is 0 Å². The van der Waals surface area contributed by atoms with E-state index < -0.39 is 10.0 Å². The first-order valence-electron chi connectivity index (χ1n) is 10.7. The number of carbonyl (C=O) groups excluding carboxylic acids is 1. The lowest BCUT2D eigenvalue weighted by atomic mass is 9.96. The van der Waals surface area contributed by atoms with Crippen molar-refractivity contribution in [2.75, 3.05) is 20.3 Å². The Kier molecular flexibility index (Phi) is 6.48. The van der Waals surface area contributed by atoms with Crippen LogP contribution in [0.15, 0.2) is 47.4 Å². The van der Waals surface area contributed by atoms with Crippen molar-refractivity contribution in [3.8, 4) is 11.5 Å². The molecule has 2 aromatic carbocycles. The average molecular weight is 445 g/mol. The number of hydrogen-bond acceptors (Lipinski definition) is 5. The molecule has 2 aromatic rings. The van der Waals surface area contributed by atoms with Gasteiger partial charge in [0.15, 0.2) is 11.5 Å². The van der Waals surface area contributed by atoms with Crippen LogP contribution in [-0.2, 0) is 16.6 Å². The summed E-state index contributed by atoms with van der Waals surface area (Å²) >= 11 is 0. The van der Waals surface area contributed by atoms with Crippen LogP contribution >= 0.6 is 0 Å². The Hall–Kier alpha value is -2.58. The molecule has 2 aliphatic rings. The second-order valence-corrected chi connectivity index (χ2v) is 10.00. The van der Waals surface area contributed by atoms with Crippen LogP contribution in [0, 0.1) is 0 Å². The Morgan fingerprint density at radius 3 is 2.39 bits per heavy atom. The minimum absolute atomic E-state index is 0.0488. The predicted molar refractivity (Wildman–Crippen MR) is 117 cm³/mol. The van der Waals surface area contributed by atoms with E-state index in [2.05, 4.69) is 5.32 Å². The van der Waals surface area contributed by atoms with Crippen molar-refractivity contribution < 1.29 is 22.7 Å². The fraction of sp³-hybridized carbons (Fsp3) is 0.435. The highest BCUT2D eigenvalue weighted by atomic mass is 32.2. The molecule has 7 nitrogen and oxygen atoms in total. The van der Waals surface area contributed by atoms with E-state index >= 15 is 0 Å². The molecule has 8 heteroatoms. The van der Waals surface area contributed by atoms with Gasteiger partial charge in [0, 0.05) is 25.2 Å². The molecule has 31 heavy (non-hydrogen) atoms. The lowest BCUT2D eigenvalue weighted by Crippen LogP contribution is -2.38. The summed E-state index contributed by atoms with van der Waals surface area (Å²) in [6.45, 7) is 1.37. The molecule has 0 unspecified atom stereocenters. The normalized spacial score (nSPS) is 16.8. The quantitative estimate of drug-likeness (QED) is 0.739. The molecule has 1 aliphatic carbocycles. The highest BCUT2D eigenvalue weighted by molar-refractivity contribution is 7.89. The van der Waals surface area contributed by atoms with Gasteiger partial charge in [-0.2, -0.15) is 4.31 Å². The number of ether oxygens (including phenoxy) is 2. The average Bonchev–Trinajstić information content (AvgIpc) is 2.82. The number of sulfonamides is 1. The van der Waals surface area contributed by atoms with E-state index in [1.54, 1.807) is 19.2 Å². The third-order valence-corrected chi connectivity index (χ3v) is 7.87. The fourth-order valence-corrected chi connectivity index (χ4v) is 5.48. The molecule has 1 fully saturated rings. The van der Waals surface area contributed by atoms with Gasteiger partial charge in [-0.15, -0.1) is 0 Å². The van der Waals surface area contributed by atoms with Gasteiger partial charge in [0.2, 0.25) is 10.0 Å². The highest BCUT2D eigenvalue weighted by Crippen LogP contribution is 2.31. The van der Waals surface area contributed by atoms with Gasteiger partial charge in [-0.25, -0.2) is 8.42 Å². The Labute approximate surface area is 183 Å². The SMILES string of the molecule is CN(C1CCCCC1)S(=O)(=O)c1ccc(C(=O)NCc2ccc3c(c2)OCCO3)cc1. The van der Waals surface area contributed by atoms with E-state index in [1.165, 1.54) is 22.9 Å². The van der Waals surface area contributed by atoms with Crippen LogP contribution in [0.5, 0.6) is 11.5 Å². The molecule has 0 bridgehead atoms. The molecule has 1 aliphatic heterocycles. The minimum Gasteiger partial charge on any atom is -0.486 e. The maximum absolute atomic E-state index is 12.9. The zero-order valence-corrected chi connectivity index (χ0v) is 18.5. The van der Waals surface area contributed by atoms with Gasteiger partial charge in [-0.3, -0.25) is 4.79 Å². The number of nitrogens with zero attached hydrogens (tertiary/aromatic N) is 1. The number of benzene rings is 2. The number of rotatable bonds is 6. The lowest BCUT2D eigenvalue weighted by molar-refractivity contribution is 0.0950. The Balaban J connectivity index is 1.38. The summed E-state index contributed by atoms with van der Waals surface area (Å²) in [7, 11) is -1.92. The molecule has 166 valence electrons. The molecule has 0 spiro atoms. The summed E-state index contributed by atoms with van der Waals surface area (Å²) in [5.41, 5.74) is 1.31. The molecule has 0 atom stereocenters. The van der Waals surface area contributed by atoms with Crippen LogP contribution in [0.3, 0.4) is 0 Å². The fourth-order valence-electron chi connectivity index (χ4n) is 4.07. The van der Waals surface area contributed by atoms with Gasteiger partial charge in [-0.05, 0) is 54.8 Å². The zero-order chi connectivity index (χ0) is 21.8. The first kappa shape index (κ1) is 21.6. The first-order valence-corrected chi connectivity index (χ1v) is 12.1. The number of hydrogen-bond donors (Lipinski definition) is 1. The number of carbonyl (C=O) groups is 1. The summed E-state index contributed by atoms with van der Waals surface area (Å²) in [5.74, 6) is 1.12. The Morgan fingerprint density at radius 2 is 1.68 bits per heavy atom. The summed E-state index contributed by atoms with van der Waals surface area (Å²) in [4.78, 5) is 12.7. The predicted octanol–water partition coefficient (Wildman–Crippen LogP) is 3.34. The third kappa shape index (κ3) is 4.85. The van der Waals surface area contributed by atoms with Crippen LogP contribution in [0.2, 0.25) is 0 Å². The highest BCUT2D eigenvalue weighted by Gasteiger charge is 2.29. The second-order valence-electron chi connectivity index (χ2n) is 8.00. The molecule has 1 N–H and O–H groups in total. The smallest absolute Gasteiger partial charge is 0.251 e. The standard InChI is InChI=1S/C23H28N2O5S/c1-25(19-5-3-2-4-6-19)31(27,28)20-10-8-18(9-11-20)23(26)24-16-17-7-12-21-22(15-17)30-14-13-29-21/h7-12,15,19H,2-6,13-14,16H2,1H3,(H,24,26). The van der Waals surface area contributed by atoms with Gasteiger partial charge >= 0.3 is 0 Å². The van der Waals surface area contributed by atoms with Crippen LogP contribution in [0.4, 0.5) is 0 Å².